The number of benzene rings is 3. The fraction of sp³-hybridized carbons (Fsp3) is 0.310. The van der Waals surface area contributed by atoms with Gasteiger partial charge in [0, 0.05) is 28.6 Å². The van der Waals surface area contributed by atoms with E-state index in [0.717, 1.165) is 40.1 Å². The summed E-state index contributed by atoms with van der Waals surface area (Å²) in [4.78, 5) is 24.0. The number of halogens is 3. The molecule has 0 bridgehead atoms. The molecule has 7 heteroatoms. The second-order valence-electron chi connectivity index (χ2n) is 9.13. The maximum absolute atomic E-state index is 12.8. The molecular weight excluding hydrogens is 485 g/mol. The highest BCUT2D eigenvalue weighted by Gasteiger charge is 2.30. The molecule has 1 N–H and O–H groups in total. The molecule has 0 saturated carbocycles. The van der Waals surface area contributed by atoms with E-state index in [1.54, 1.807) is 23.9 Å². The minimum absolute atomic E-state index is 0.0193. The summed E-state index contributed by atoms with van der Waals surface area (Å²) in [5.74, 6) is -0.514. The number of aliphatic carboxylic acids is 1. The molecule has 36 heavy (non-hydrogen) atoms. The molecule has 0 aliphatic heterocycles. The molecule has 0 heterocycles. The first-order valence-corrected chi connectivity index (χ1v) is 12.7. The zero-order valence-corrected chi connectivity index (χ0v) is 21.0. The summed E-state index contributed by atoms with van der Waals surface area (Å²) in [6.45, 7) is 4.31. The van der Waals surface area contributed by atoms with Gasteiger partial charge in [0.1, 0.15) is 0 Å². The Labute approximate surface area is 213 Å². The van der Waals surface area contributed by atoms with Crippen LogP contribution in [0.1, 0.15) is 66.3 Å². The number of ketones is 1. The van der Waals surface area contributed by atoms with Crippen molar-refractivity contribution < 1.29 is 27.9 Å². The van der Waals surface area contributed by atoms with Crippen LogP contribution in [0, 0.1) is 5.92 Å². The van der Waals surface area contributed by atoms with Crippen molar-refractivity contribution in [2.45, 2.75) is 55.9 Å². The van der Waals surface area contributed by atoms with E-state index in [1.807, 2.05) is 36.4 Å². The SMILES string of the molecule is CC(C)CC(Sc1ccc(-c2ccc(C(F)(F)F)cc2)cc1)c1ccc(C(=O)CCCC(=O)O)cc1. The van der Waals surface area contributed by atoms with Crippen molar-refractivity contribution in [2.24, 2.45) is 5.92 Å². The van der Waals surface area contributed by atoms with Gasteiger partial charge >= 0.3 is 12.1 Å². The van der Waals surface area contributed by atoms with Gasteiger partial charge in [-0.1, -0.05) is 62.4 Å². The molecule has 0 radical (unpaired) electrons. The molecule has 0 spiro atoms. The molecule has 1 atom stereocenters. The Hall–Kier alpha value is -3.06. The van der Waals surface area contributed by atoms with E-state index >= 15 is 0 Å². The Morgan fingerprint density at radius 2 is 1.39 bits per heavy atom. The first kappa shape index (κ1) is 27.5. The molecule has 3 aromatic carbocycles. The van der Waals surface area contributed by atoms with Crippen molar-refractivity contribution in [1.82, 2.24) is 0 Å². The van der Waals surface area contributed by atoms with Crippen LogP contribution in [0.2, 0.25) is 0 Å². The number of carbonyl (C=O) groups excluding carboxylic acids is 1. The average Bonchev–Trinajstić information content (AvgIpc) is 2.83. The molecule has 0 aromatic heterocycles. The molecule has 1 unspecified atom stereocenters. The summed E-state index contributed by atoms with van der Waals surface area (Å²) in [6.07, 6.45) is -2.91. The van der Waals surface area contributed by atoms with Gasteiger partial charge in [0.05, 0.1) is 5.56 Å². The molecule has 0 aliphatic rings. The number of carboxylic acids is 1. The van der Waals surface area contributed by atoms with Crippen molar-refractivity contribution in [3.63, 3.8) is 0 Å². The van der Waals surface area contributed by atoms with Crippen LogP contribution < -0.4 is 0 Å². The lowest BCUT2D eigenvalue weighted by molar-refractivity contribution is -0.138. The van der Waals surface area contributed by atoms with Gasteiger partial charge in [-0.25, -0.2) is 0 Å². The Kier molecular flexibility index (Phi) is 9.37. The minimum Gasteiger partial charge on any atom is -0.481 e. The van der Waals surface area contributed by atoms with E-state index in [0.29, 0.717) is 17.9 Å². The first-order valence-electron chi connectivity index (χ1n) is 11.8. The Morgan fingerprint density at radius 1 is 0.833 bits per heavy atom. The molecule has 0 saturated heterocycles. The smallest absolute Gasteiger partial charge is 0.416 e. The highest BCUT2D eigenvalue weighted by molar-refractivity contribution is 7.99. The summed E-state index contributed by atoms with van der Waals surface area (Å²) in [6, 6.07) is 20.5. The van der Waals surface area contributed by atoms with Crippen molar-refractivity contribution in [2.75, 3.05) is 0 Å². The molecule has 190 valence electrons. The lowest BCUT2D eigenvalue weighted by Crippen LogP contribution is -2.04. The fourth-order valence-electron chi connectivity index (χ4n) is 3.85. The predicted molar refractivity (Wildman–Crippen MR) is 137 cm³/mol. The highest BCUT2D eigenvalue weighted by atomic mass is 32.2. The molecule has 0 fully saturated rings. The third-order valence-corrected chi connectivity index (χ3v) is 7.06. The number of Topliss-reactive ketones (excluding diaryl/α,β-unsaturated/α-hetero) is 1. The van der Waals surface area contributed by atoms with Gasteiger partial charge in [-0.05, 0) is 59.7 Å². The van der Waals surface area contributed by atoms with Gasteiger partial charge in [0.25, 0.3) is 0 Å². The number of alkyl halides is 3. The maximum atomic E-state index is 12.8. The predicted octanol–water partition coefficient (Wildman–Crippen LogP) is 8.69. The van der Waals surface area contributed by atoms with Gasteiger partial charge < -0.3 is 5.11 Å². The van der Waals surface area contributed by atoms with E-state index < -0.39 is 17.7 Å². The van der Waals surface area contributed by atoms with E-state index in [4.69, 9.17) is 5.11 Å². The van der Waals surface area contributed by atoms with Crippen LogP contribution in [0.15, 0.2) is 77.7 Å². The average molecular weight is 515 g/mol. The number of hydrogen-bond donors (Lipinski definition) is 1. The number of carbonyl (C=O) groups is 2. The summed E-state index contributed by atoms with van der Waals surface area (Å²) in [5.41, 5.74) is 2.59. The van der Waals surface area contributed by atoms with Crippen LogP contribution >= 0.6 is 11.8 Å². The first-order chi connectivity index (χ1) is 17.0. The van der Waals surface area contributed by atoms with Crippen LogP contribution in [0.4, 0.5) is 13.2 Å². The lowest BCUT2D eigenvalue weighted by Gasteiger charge is -2.20. The van der Waals surface area contributed by atoms with Crippen LogP contribution in [0.25, 0.3) is 11.1 Å². The van der Waals surface area contributed by atoms with Gasteiger partial charge in [-0.15, -0.1) is 11.8 Å². The lowest BCUT2D eigenvalue weighted by atomic mass is 9.99. The van der Waals surface area contributed by atoms with E-state index in [1.165, 1.54) is 12.1 Å². The Morgan fingerprint density at radius 3 is 1.89 bits per heavy atom. The number of carboxylic acid groups (broad SMARTS) is 1. The van der Waals surface area contributed by atoms with Crippen LogP contribution in [-0.2, 0) is 11.0 Å². The monoisotopic (exact) mass is 514 g/mol. The molecule has 3 rings (SSSR count). The van der Waals surface area contributed by atoms with Crippen LogP contribution in [0.5, 0.6) is 0 Å². The minimum atomic E-state index is -4.35. The number of hydrogen-bond acceptors (Lipinski definition) is 3. The van der Waals surface area contributed by atoms with E-state index in [-0.39, 0.29) is 23.9 Å². The summed E-state index contributed by atoms with van der Waals surface area (Å²) in [7, 11) is 0. The van der Waals surface area contributed by atoms with Crippen LogP contribution in [0.3, 0.4) is 0 Å². The molecule has 0 aliphatic carbocycles. The molecular formula is C29H29F3O3S. The van der Waals surface area contributed by atoms with Gasteiger partial charge in [-0.3, -0.25) is 9.59 Å². The fourth-order valence-corrected chi connectivity index (χ4v) is 5.25. The molecule has 0 amide bonds. The van der Waals surface area contributed by atoms with E-state index in [9.17, 15) is 22.8 Å². The summed E-state index contributed by atoms with van der Waals surface area (Å²) >= 11 is 1.71. The van der Waals surface area contributed by atoms with Crippen LogP contribution in [-0.4, -0.2) is 16.9 Å². The highest BCUT2D eigenvalue weighted by Crippen LogP contribution is 2.40. The second kappa shape index (κ2) is 12.3. The third-order valence-electron chi connectivity index (χ3n) is 5.76. The molecule has 3 nitrogen and oxygen atoms in total. The summed E-state index contributed by atoms with van der Waals surface area (Å²) in [5, 5.41) is 8.91. The van der Waals surface area contributed by atoms with Crippen molar-refractivity contribution in [3.05, 3.63) is 89.5 Å². The van der Waals surface area contributed by atoms with Crippen molar-refractivity contribution in [3.8, 4) is 11.1 Å². The quantitative estimate of drug-likeness (QED) is 0.205. The largest absolute Gasteiger partial charge is 0.481 e. The summed E-state index contributed by atoms with van der Waals surface area (Å²) < 4.78 is 38.5. The standard InChI is InChI=1S/C29H29F3O3S/c1-19(2)18-27(23-8-6-22(7-9-23)26(33)4-3-5-28(34)35)36-25-16-12-21(13-17-25)20-10-14-24(15-11-20)29(30,31)32/h6-17,19,27H,3-5,18H2,1-2H3,(H,34,35). The van der Waals surface area contributed by atoms with Gasteiger partial charge in [0.15, 0.2) is 5.78 Å². The van der Waals surface area contributed by atoms with Crippen molar-refractivity contribution in [1.29, 1.82) is 0 Å². The van der Waals surface area contributed by atoms with E-state index in [2.05, 4.69) is 13.8 Å². The zero-order chi connectivity index (χ0) is 26.3. The number of rotatable bonds is 11. The normalized spacial score (nSPS) is 12.5. The molecule has 3 aromatic rings. The van der Waals surface area contributed by atoms with Crippen molar-refractivity contribution >= 4 is 23.5 Å². The Bertz CT molecular complexity index is 1150. The Balaban J connectivity index is 1.70. The number of thioether (sulfide) groups is 1. The maximum Gasteiger partial charge on any atom is 0.416 e. The zero-order valence-electron chi connectivity index (χ0n) is 20.2. The second-order valence-corrected chi connectivity index (χ2v) is 10.4. The topological polar surface area (TPSA) is 54.4 Å². The van der Waals surface area contributed by atoms with Gasteiger partial charge in [0.2, 0.25) is 0 Å². The third kappa shape index (κ3) is 7.98. The van der Waals surface area contributed by atoms with Gasteiger partial charge in [-0.2, -0.15) is 13.2 Å².